The van der Waals surface area contributed by atoms with Crippen LogP contribution >= 0.6 is 21.6 Å². The van der Waals surface area contributed by atoms with E-state index in [1.54, 1.807) is 109 Å². The minimum atomic E-state index is -0.620. The molecule has 8 heteroatoms. The van der Waals surface area contributed by atoms with Gasteiger partial charge >= 0.3 is 11.9 Å². The summed E-state index contributed by atoms with van der Waals surface area (Å²) in [4.78, 5) is 51.3. The Kier molecular flexibility index (Phi) is 9.50. The molecule has 0 spiro atoms. The quantitative estimate of drug-likeness (QED) is 0.120. The molecule has 0 aliphatic rings. The zero-order valence-electron chi connectivity index (χ0n) is 20.1. The van der Waals surface area contributed by atoms with Crippen LogP contribution in [0.5, 0.6) is 0 Å². The Morgan fingerprint density at radius 1 is 0.474 bits per heavy atom. The summed E-state index contributed by atoms with van der Waals surface area (Å²) in [5.74, 6) is -1.83. The summed E-state index contributed by atoms with van der Waals surface area (Å²) in [6.07, 6.45) is 0. The van der Waals surface area contributed by atoms with Gasteiger partial charge in [-0.3, -0.25) is 9.59 Å². The summed E-state index contributed by atoms with van der Waals surface area (Å²) in [7, 11) is 2.54. The summed E-state index contributed by atoms with van der Waals surface area (Å²) < 4.78 is 10.5. The first-order valence-electron chi connectivity index (χ1n) is 11.6. The highest BCUT2D eigenvalue weighted by Gasteiger charge is 2.19. The van der Waals surface area contributed by atoms with Gasteiger partial charge in [0.05, 0.1) is 11.1 Å². The number of esters is 2. The fourth-order valence-electron chi connectivity index (χ4n) is 3.34. The molecule has 0 saturated carbocycles. The lowest BCUT2D eigenvalue weighted by molar-refractivity contribution is 0.0468. The first kappa shape index (κ1) is 26.9. The normalized spacial score (nSPS) is 10.4. The molecule has 4 aromatic carbocycles. The van der Waals surface area contributed by atoms with E-state index >= 15 is 0 Å². The third-order valence-corrected chi connectivity index (χ3v) is 7.78. The van der Waals surface area contributed by atoms with Gasteiger partial charge in [0.15, 0.2) is 24.8 Å². The monoisotopic (exact) mass is 542 g/mol. The van der Waals surface area contributed by atoms with Gasteiger partial charge in [-0.25, -0.2) is 9.59 Å². The maximum atomic E-state index is 12.8. The molecule has 0 aromatic heterocycles. The number of carbonyl (C=O) groups is 4. The van der Waals surface area contributed by atoms with Crippen LogP contribution in [0.25, 0.3) is 0 Å². The molecule has 0 saturated heterocycles. The van der Waals surface area contributed by atoms with Crippen LogP contribution in [-0.2, 0) is 9.47 Å². The van der Waals surface area contributed by atoms with Crippen LogP contribution < -0.4 is 0 Å². The molecule has 4 rings (SSSR count). The van der Waals surface area contributed by atoms with E-state index in [9.17, 15) is 19.2 Å². The van der Waals surface area contributed by atoms with E-state index in [-0.39, 0.29) is 24.8 Å². The number of ether oxygens (including phenoxy) is 2. The van der Waals surface area contributed by atoms with Crippen LogP contribution in [0, 0.1) is 0 Å². The van der Waals surface area contributed by atoms with Crippen molar-refractivity contribution in [1.82, 2.24) is 0 Å². The van der Waals surface area contributed by atoms with Gasteiger partial charge in [-0.05, 0) is 24.3 Å². The van der Waals surface area contributed by atoms with Crippen molar-refractivity contribution in [3.05, 3.63) is 131 Å². The lowest BCUT2D eigenvalue weighted by Gasteiger charge is -2.11. The van der Waals surface area contributed by atoms with Gasteiger partial charge in [-0.1, -0.05) is 107 Å². The van der Waals surface area contributed by atoms with E-state index in [0.29, 0.717) is 32.0 Å². The topological polar surface area (TPSA) is 86.7 Å². The van der Waals surface area contributed by atoms with Gasteiger partial charge in [0, 0.05) is 20.9 Å². The molecule has 0 unspecified atom stereocenters. The Labute approximate surface area is 227 Å². The van der Waals surface area contributed by atoms with Crippen LogP contribution in [0.15, 0.2) is 119 Å². The van der Waals surface area contributed by atoms with Crippen molar-refractivity contribution < 1.29 is 28.7 Å². The Morgan fingerprint density at radius 3 is 1.21 bits per heavy atom. The van der Waals surface area contributed by atoms with Crippen LogP contribution in [0.1, 0.15) is 41.4 Å². The van der Waals surface area contributed by atoms with Crippen LogP contribution in [-0.4, -0.2) is 36.7 Å². The lowest BCUT2D eigenvalue weighted by Crippen LogP contribution is -2.15. The van der Waals surface area contributed by atoms with E-state index in [1.807, 2.05) is 0 Å². The fraction of sp³-hybridized carbons (Fsp3) is 0.0667. The molecule has 38 heavy (non-hydrogen) atoms. The van der Waals surface area contributed by atoms with Gasteiger partial charge < -0.3 is 9.47 Å². The highest BCUT2D eigenvalue weighted by Crippen LogP contribution is 2.40. The molecule has 0 aliphatic heterocycles. The van der Waals surface area contributed by atoms with Gasteiger partial charge in [0.25, 0.3) is 0 Å². The molecule has 0 fully saturated rings. The van der Waals surface area contributed by atoms with Gasteiger partial charge in [0.1, 0.15) is 0 Å². The number of hydrogen-bond donors (Lipinski definition) is 0. The lowest BCUT2D eigenvalue weighted by atomic mass is 10.1. The average molecular weight is 543 g/mol. The minimum absolute atomic E-state index is 0.295. The first-order valence-corrected chi connectivity index (χ1v) is 13.7. The SMILES string of the molecule is O=C(COC(=O)c1ccccc1SSc1ccccc1C(=O)OCC(=O)c1ccccc1)c1ccccc1. The van der Waals surface area contributed by atoms with Crippen molar-refractivity contribution in [1.29, 1.82) is 0 Å². The molecular weight excluding hydrogens is 520 g/mol. The predicted octanol–water partition coefficient (Wildman–Crippen LogP) is 6.57. The van der Waals surface area contributed by atoms with E-state index < -0.39 is 11.9 Å². The number of rotatable bonds is 11. The molecule has 0 N–H and O–H groups in total. The largest absolute Gasteiger partial charge is 0.454 e. The highest BCUT2D eigenvalue weighted by molar-refractivity contribution is 8.76. The van der Waals surface area contributed by atoms with E-state index in [0.717, 1.165) is 0 Å². The summed E-state index contributed by atoms with van der Waals surface area (Å²) in [5, 5.41) is 0. The number of carbonyl (C=O) groups excluding carboxylic acids is 4. The molecule has 0 amide bonds. The molecule has 4 aromatic rings. The van der Waals surface area contributed by atoms with Crippen molar-refractivity contribution in [2.75, 3.05) is 13.2 Å². The maximum absolute atomic E-state index is 12.8. The maximum Gasteiger partial charge on any atom is 0.339 e. The van der Waals surface area contributed by atoms with Crippen molar-refractivity contribution in [3.63, 3.8) is 0 Å². The van der Waals surface area contributed by atoms with Crippen LogP contribution in [0.2, 0.25) is 0 Å². The number of Topliss-reactive ketones (excluding diaryl/α,β-unsaturated/α-hetero) is 2. The first-order chi connectivity index (χ1) is 18.5. The Morgan fingerprint density at radius 2 is 0.816 bits per heavy atom. The number of ketones is 2. The summed E-state index contributed by atoms with van der Waals surface area (Å²) in [6, 6.07) is 31.0. The van der Waals surface area contributed by atoms with Crippen molar-refractivity contribution in [2.45, 2.75) is 9.79 Å². The van der Waals surface area contributed by atoms with Crippen LogP contribution in [0.4, 0.5) is 0 Å². The molecule has 190 valence electrons. The number of benzene rings is 4. The second-order valence-corrected chi connectivity index (χ2v) is 10.1. The van der Waals surface area contributed by atoms with E-state index in [4.69, 9.17) is 9.47 Å². The predicted molar refractivity (Wildman–Crippen MR) is 147 cm³/mol. The van der Waals surface area contributed by atoms with Crippen molar-refractivity contribution in [3.8, 4) is 0 Å². The zero-order chi connectivity index (χ0) is 26.7. The second kappa shape index (κ2) is 13.4. The molecule has 0 atom stereocenters. The fourth-order valence-corrected chi connectivity index (χ4v) is 5.68. The van der Waals surface area contributed by atoms with Crippen molar-refractivity contribution >= 4 is 45.1 Å². The third kappa shape index (κ3) is 7.21. The van der Waals surface area contributed by atoms with Gasteiger partial charge in [-0.15, -0.1) is 0 Å². The minimum Gasteiger partial charge on any atom is -0.454 e. The smallest absolute Gasteiger partial charge is 0.339 e. The Bertz CT molecular complexity index is 1330. The second-order valence-electron chi connectivity index (χ2n) is 7.89. The molecular formula is C30H22O6S2. The third-order valence-electron chi connectivity index (χ3n) is 5.30. The summed E-state index contributed by atoms with van der Waals surface area (Å²) in [5.41, 5.74) is 1.54. The molecule has 0 radical (unpaired) electrons. The summed E-state index contributed by atoms with van der Waals surface area (Å²) >= 11 is 0. The highest BCUT2D eigenvalue weighted by atomic mass is 33.1. The van der Waals surface area contributed by atoms with Gasteiger partial charge in [0.2, 0.25) is 0 Å². The van der Waals surface area contributed by atoms with E-state index in [2.05, 4.69) is 0 Å². The Balaban J connectivity index is 1.38. The molecule has 0 heterocycles. The van der Waals surface area contributed by atoms with Crippen molar-refractivity contribution in [2.24, 2.45) is 0 Å². The summed E-state index contributed by atoms with van der Waals surface area (Å²) in [6.45, 7) is -0.739. The molecule has 0 aliphatic carbocycles. The number of hydrogen-bond acceptors (Lipinski definition) is 8. The standard InChI is InChI=1S/C30H22O6S2/c31-25(21-11-3-1-4-12-21)19-35-29(33)23-15-7-9-17-27(23)37-38-28-18-10-8-16-24(28)30(34)36-20-26(32)22-13-5-2-6-14-22/h1-18H,19-20H2. The average Bonchev–Trinajstić information content (AvgIpc) is 2.98. The molecule has 0 bridgehead atoms. The molecule has 6 nitrogen and oxygen atoms in total. The zero-order valence-corrected chi connectivity index (χ0v) is 21.7. The van der Waals surface area contributed by atoms with E-state index in [1.165, 1.54) is 21.6 Å². The van der Waals surface area contributed by atoms with Crippen LogP contribution in [0.3, 0.4) is 0 Å². The van der Waals surface area contributed by atoms with Gasteiger partial charge in [-0.2, -0.15) is 0 Å². The Hall–Kier alpha value is -4.14.